The first-order valence-corrected chi connectivity index (χ1v) is 8.47. The fourth-order valence-electron chi connectivity index (χ4n) is 2.72. The number of amides is 1. The normalized spacial score (nSPS) is 10.7. The van der Waals surface area contributed by atoms with Gasteiger partial charge in [-0.15, -0.1) is 0 Å². The van der Waals surface area contributed by atoms with Crippen LogP contribution in [0.1, 0.15) is 23.1 Å². The number of aryl methyl sites for hydroxylation is 3. The molecule has 2 aromatic heterocycles. The highest BCUT2D eigenvalue weighted by atomic mass is 19.1. The number of benzene rings is 1. The minimum absolute atomic E-state index is 0.0769. The van der Waals surface area contributed by atoms with Crippen molar-refractivity contribution in [1.29, 1.82) is 0 Å². The van der Waals surface area contributed by atoms with E-state index >= 15 is 0 Å². The number of pyridine rings is 1. The SMILES string of the molecule is Cc1ccc(CCC(=O)NCc2cccnc2-c2cnn(C)c2)cc1F. The van der Waals surface area contributed by atoms with Gasteiger partial charge in [0, 0.05) is 38.0 Å². The predicted molar refractivity (Wildman–Crippen MR) is 97.7 cm³/mol. The molecule has 0 saturated heterocycles. The van der Waals surface area contributed by atoms with Gasteiger partial charge in [-0.25, -0.2) is 4.39 Å². The van der Waals surface area contributed by atoms with Gasteiger partial charge >= 0.3 is 0 Å². The number of aromatic nitrogens is 3. The largest absolute Gasteiger partial charge is 0.352 e. The molecule has 1 aromatic carbocycles. The van der Waals surface area contributed by atoms with Gasteiger partial charge < -0.3 is 5.32 Å². The molecule has 0 atom stereocenters. The van der Waals surface area contributed by atoms with E-state index in [1.165, 1.54) is 6.07 Å². The molecular formula is C20H21FN4O. The molecule has 3 rings (SSSR count). The van der Waals surface area contributed by atoms with Crippen LogP contribution in [0.15, 0.2) is 48.9 Å². The van der Waals surface area contributed by atoms with Gasteiger partial charge in [-0.05, 0) is 42.2 Å². The van der Waals surface area contributed by atoms with E-state index in [2.05, 4.69) is 15.4 Å². The van der Waals surface area contributed by atoms with Crippen LogP contribution in [-0.2, 0) is 24.8 Å². The first kappa shape index (κ1) is 17.8. The lowest BCUT2D eigenvalue weighted by molar-refractivity contribution is -0.121. The predicted octanol–water partition coefficient (Wildman–Crippen LogP) is 3.18. The maximum atomic E-state index is 13.6. The summed E-state index contributed by atoms with van der Waals surface area (Å²) in [5.74, 6) is -0.314. The molecule has 2 heterocycles. The number of carbonyl (C=O) groups is 1. The van der Waals surface area contributed by atoms with Crippen molar-refractivity contribution < 1.29 is 9.18 Å². The third kappa shape index (κ3) is 4.33. The van der Waals surface area contributed by atoms with Gasteiger partial charge in [0.2, 0.25) is 5.91 Å². The van der Waals surface area contributed by atoms with Gasteiger partial charge in [0.05, 0.1) is 11.9 Å². The van der Waals surface area contributed by atoms with Crippen LogP contribution in [0.25, 0.3) is 11.3 Å². The highest BCUT2D eigenvalue weighted by Gasteiger charge is 2.10. The van der Waals surface area contributed by atoms with Crippen LogP contribution in [0.3, 0.4) is 0 Å². The minimum Gasteiger partial charge on any atom is -0.352 e. The van der Waals surface area contributed by atoms with Gasteiger partial charge in [0.15, 0.2) is 0 Å². The first-order chi connectivity index (χ1) is 12.5. The lowest BCUT2D eigenvalue weighted by atomic mass is 10.1. The molecule has 0 aliphatic heterocycles. The van der Waals surface area contributed by atoms with Gasteiger partial charge in [0.25, 0.3) is 0 Å². The van der Waals surface area contributed by atoms with E-state index in [9.17, 15) is 9.18 Å². The van der Waals surface area contributed by atoms with Crippen LogP contribution in [0.5, 0.6) is 0 Å². The number of hydrogen-bond donors (Lipinski definition) is 1. The summed E-state index contributed by atoms with van der Waals surface area (Å²) in [4.78, 5) is 16.6. The summed E-state index contributed by atoms with van der Waals surface area (Å²) < 4.78 is 15.3. The Morgan fingerprint density at radius 1 is 1.31 bits per heavy atom. The molecule has 1 amide bonds. The van der Waals surface area contributed by atoms with Gasteiger partial charge in [-0.3, -0.25) is 14.5 Å². The molecule has 0 aliphatic carbocycles. The van der Waals surface area contributed by atoms with Crippen LogP contribution < -0.4 is 5.32 Å². The minimum atomic E-state index is -0.237. The van der Waals surface area contributed by atoms with E-state index in [0.717, 1.165) is 22.4 Å². The summed E-state index contributed by atoms with van der Waals surface area (Å²) in [7, 11) is 1.85. The summed E-state index contributed by atoms with van der Waals surface area (Å²) in [5, 5.41) is 7.08. The summed E-state index contributed by atoms with van der Waals surface area (Å²) in [6.07, 6.45) is 6.18. The maximum Gasteiger partial charge on any atom is 0.220 e. The molecule has 0 saturated carbocycles. The Labute approximate surface area is 151 Å². The van der Waals surface area contributed by atoms with Crippen molar-refractivity contribution in [2.45, 2.75) is 26.3 Å². The molecule has 6 heteroatoms. The fraction of sp³-hybridized carbons (Fsp3) is 0.250. The quantitative estimate of drug-likeness (QED) is 0.741. The Balaban J connectivity index is 1.59. The summed E-state index contributed by atoms with van der Waals surface area (Å²) >= 11 is 0. The van der Waals surface area contributed by atoms with E-state index in [4.69, 9.17) is 0 Å². The van der Waals surface area contributed by atoms with Crippen molar-refractivity contribution in [3.05, 3.63) is 71.4 Å². The molecule has 26 heavy (non-hydrogen) atoms. The molecule has 0 bridgehead atoms. The zero-order valence-corrected chi connectivity index (χ0v) is 14.9. The number of nitrogens with zero attached hydrogens (tertiary/aromatic N) is 3. The molecule has 0 fully saturated rings. The number of carbonyl (C=O) groups excluding carboxylic acids is 1. The first-order valence-electron chi connectivity index (χ1n) is 8.47. The van der Waals surface area contributed by atoms with Crippen LogP contribution in [0.2, 0.25) is 0 Å². The van der Waals surface area contributed by atoms with E-state index < -0.39 is 0 Å². The molecule has 134 valence electrons. The average molecular weight is 352 g/mol. The molecule has 0 aliphatic rings. The zero-order chi connectivity index (χ0) is 18.5. The smallest absolute Gasteiger partial charge is 0.220 e. The van der Waals surface area contributed by atoms with Gasteiger partial charge in [-0.1, -0.05) is 18.2 Å². The second-order valence-corrected chi connectivity index (χ2v) is 6.27. The average Bonchev–Trinajstić information content (AvgIpc) is 3.07. The van der Waals surface area contributed by atoms with Crippen LogP contribution in [0, 0.1) is 12.7 Å². The lowest BCUT2D eigenvalue weighted by Gasteiger charge is -2.09. The van der Waals surface area contributed by atoms with Crippen molar-refractivity contribution in [2.75, 3.05) is 0 Å². The molecular weight excluding hydrogens is 331 g/mol. The number of nitrogens with one attached hydrogen (secondary N) is 1. The Morgan fingerprint density at radius 2 is 2.15 bits per heavy atom. The van der Waals surface area contributed by atoms with E-state index in [1.807, 2.05) is 31.4 Å². The second kappa shape index (κ2) is 7.91. The fourth-order valence-corrected chi connectivity index (χ4v) is 2.72. The Morgan fingerprint density at radius 3 is 2.88 bits per heavy atom. The highest BCUT2D eigenvalue weighted by molar-refractivity contribution is 5.76. The summed E-state index contributed by atoms with van der Waals surface area (Å²) in [6.45, 7) is 2.11. The molecule has 0 unspecified atom stereocenters. The third-order valence-electron chi connectivity index (χ3n) is 4.22. The van der Waals surface area contributed by atoms with Crippen molar-refractivity contribution in [3.8, 4) is 11.3 Å². The second-order valence-electron chi connectivity index (χ2n) is 6.27. The Hall–Kier alpha value is -3.02. The van der Waals surface area contributed by atoms with E-state index in [0.29, 0.717) is 24.9 Å². The van der Waals surface area contributed by atoms with Crippen molar-refractivity contribution in [2.24, 2.45) is 7.05 Å². The Kier molecular flexibility index (Phi) is 5.41. The van der Waals surface area contributed by atoms with Crippen molar-refractivity contribution in [1.82, 2.24) is 20.1 Å². The van der Waals surface area contributed by atoms with Crippen LogP contribution in [-0.4, -0.2) is 20.7 Å². The Bertz CT molecular complexity index is 920. The van der Waals surface area contributed by atoms with Crippen LogP contribution >= 0.6 is 0 Å². The zero-order valence-electron chi connectivity index (χ0n) is 14.9. The summed E-state index contributed by atoms with van der Waals surface area (Å²) in [5.41, 5.74) is 4.07. The summed E-state index contributed by atoms with van der Waals surface area (Å²) in [6, 6.07) is 8.86. The lowest BCUT2D eigenvalue weighted by Crippen LogP contribution is -2.23. The molecule has 1 N–H and O–H groups in total. The van der Waals surface area contributed by atoms with E-state index in [1.54, 1.807) is 30.1 Å². The van der Waals surface area contributed by atoms with Crippen molar-refractivity contribution >= 4 is 5.91 Å². The standard InChI is InChI=1S/C20H21FN4O/c1-14-5-6-15(10-18(14)21)7-8-19(26)23-11-16-4-3-9-22-20(16)17-12-24-25(2)13-17/h3-6,9-10,12-13H,7-8,11H2,1-2H3,(H,23,26). The van der Waals surface area contributed by atoms with Gasteiger partial charge in [-0.2, -0.15) is 5.10 Å². The molecule has 0 spiro atoms. The van der Waals surface area contributed by atoms with E-state index in [-0.39, 0.29) is 11.7 Å². The van der Waals surface area contributed by atoms with Crippen LogP contribution in [0.4, 0.5) is 4.39 Å². The number of halogens is 1. The third-order valence-corrected chi connectivity index (χ3v) is 4.22. The molecule has 0 radical (unpaired) electrons. The molecule has 5 nitrogen and oxygen atoms in total. The van der Waals surface area contributed by atoms with Gasteiger partial charge in [0.1, 0.15) is 5.82 Å². The monoisotopic (exact) mass is 352 g/mol. The number of hydrogen-bond acceptors (Lipinski definition) is 3. The number of rotatable bonds is 6. The highest BCUT2D eigenvalue weighted by Crippen LogP contribution is 2.20. The maximum absolute atomic E-state index is 13.6. The van der Waals surface area contributed by atoms with Crippen molar-refractivity contribution in [3.63, 3.8) is 0 Å². The molecule has 3 aromatic rings. The topological polar surface area (TPSA) is 59.8 Å².